The van der Waals surface area contributed by atoms with Gasteiger partial charge in [-0.1, -0.05) is 12.1 Å². The number of hydrogen-bond donors (Lipinski definition) is 1. The Morgan fingerprint density at radius 3 is 3.00 bits per heavy atom. The van der Waals surface area contributed by atoms with Crippen LogP contribution in [-0.2, 0) is 13.6 Å². The van der Waals surface area contributed by atoms with Gasteiger partial charge in [-0.15, -0.1) is 5.10 Å². The monoisotopic (exact) mass is 224 g/mol. The number of aliphatic hydroxyl groups is 1. The number of hydrogen-bond acceptors (Lipinski definition) is 4. The molecule has 1 aliphatic heterocycles. The quantitative estimate of drug-likeness (QED) is 0.808. The van der Waals surface area contributed by atoms with Crippen LogP contribution >= 0.6 is 0 Å². The number of piperidine rings is 1. The molecule has 1 aromatic rings. The van der Waals surface area contributed by atoms with E-state index in [1.165, 1.54) is 0 Å². The molecule has 2 unspecified atom stereocenters. The molecule has 2 atom stereocenters. The summed E-state index contributed by atoms with van der Waals surface area (Å²) in [6, 6.07) is 0. The summed E-state index contributed by atoms with van der Waals surface area (Å²) in [5, 5.41) is 17.8. The minimum Gasteiger partial charge on any atom is -0.393 e. The maximum atomic E-state index is 9.80. The zero-order chi connectivity index (χ0) is 11.5. The average Bonchev–Trinajstić information content (AvgIpc) is 2.67. The predicted octanol–water partition coefficient (Wildman–Crippen LogP) is 0.408. The zero-order valence-electron chi connectivity index (χ0n) is 10.0. The van der Waals surface area contributed by atoms with Crippen LogP contribution in [0, 0.1) is 5.92 Å². The van der Waals surface area contributed by atoms with Crippen molar-refractivity contribution >= 4 is 0 Å². The van der Waals surface area contributed by atoms with Gasteiger partial charge >= 0.3 is 0 Å². The van der Waals surface area contributed by atoms with Crippen LogP contribution in [-0.4, -0.2) is 44.2 Å². The number of rotatable bonds is 3. The molecule has 1 N–H and O–H groups in total. The van der Waals surface area contributed by atoms with E-state index in [-0.39, 0.29) is 6.10 Å². The van der Waals surface area contributed by atoms with Gasteiger partial charge in [0.25, 0.3) is 0 Å². The van der Waals surface area contributed by atoms with Crippen molar-refractivity contribution in [3.8, 4) is 0 Å². The molecule has 0 amide bonds. The van der Waals surface area contributed by atoms with Gasteiger partial charge in [0, 0.05) is 32.9 Å². The molecular weight excluding hydrogens is 204 g/mol. The van der Waals surface area contributed by atoms with Crippen LogP contribution in [0.25, 0.3) is 0 Å². The van der Waals surface area contributed by atoms with Crippen molar-refractivity contribution in [1.82, 2.24) is 19.9 Å². The molecule has 0 spiro atoms. The predicted molar refractivity (Wildman–Crippen MR) is 60.7 cm³/mol. The van der Waals surface area contributed by atoms with Crippen LogP contribution in [0.1, 0.15) is 25.5 Å². The highest BCUT2D eigenvalue weighted by Crippen LogP contribution is 2.20. The fraction of sp³-hybridized carbons (Fsp3) is 0.818. The molecule has 0 radical (unpaired) electrons. The lowest BCUT2D eigenvalue weighted by Crippen LogP contribution is -2.42. The summed E-state index contributed by atoms with van der Waals surface area (Å²) >= 11 is 0. The fourth-order valence-corrected chi connectivity index (χ4v) is 2.34. The summed E-state index contributed by atoms with van der Waals surface area (Å²) in [5.41, 5.74) is 1.01. The van der Waals surface area contributed by atoms with Crippen molar-refractivity contribution in [3.63, 3.8) is 0 Å². The van der Waals surface area contributed by atoms with E-state index in [0.29, 0.717) is 5.92 Å². The molecule has 16 heavy (non-hydrogen) atoms. The first-order valence-corrected chi connectivity index (χ1v) is 5.94. The van der Waals surface area contributed by atoms with Gasteiger partial charge in [0.05, 0.1) is 11.8 Å². The van der Waals surface area contributed by atoms with Crippen molar-refractivity contribution in [2.75, 3.05) is 13.1 Å². The maximum absolute atomic E-state index is 9.80. The Morgan fingerprint density at radius 2 is 2.38 bits per heavy atom. The van der Waals surface area contributed by atoms with Crippen molar-refractivity contribution in [3.05, 3.63) is 11.9 Å². The standard InChI is InChI=1S/C11H20N4O/c1-3-9-6-15(5-4-11(9)16)8-10-7-14(2)13-12-10/h7,9,11,16H,3-6,8H2,1-2H3. The molecule has 5 heteroatoms. The molecule has 90 valence electrons. The third-order valence-electron chi connectivity index (χ3n) is 3.34. The van der Waals surface area contributed by atoms with Crippen LogP contribution in [0.2, 0.25) is 0 Å². The van der Waals surface area contributed by atoms with E-state index in [1.54, 1.807) is 4.68 Å². The van der Waals surface area contributed by atoms with E-state index in [9.17, 15) is 5.11 Å². The minimum absolute atomic E-state index is 0.122. The molecule has 1 fully saturated rings. The van der Waals surface area contributed by atoms with Crippen LogP contribution in [0.5, 0.6) is 0 Å². The highest BCUT2D eigenvalue weighted by Gasteiger charge is 2.26. The summed E-state index contributed by atoms with van der Waals surface area (Å²) in [4.78, 5) is 2.35. The zero-order valence-corrected chi connectivity index (χ0v) is 10.0. The number of nitrogens with zero attached hydrogens (tertiary/aromatic N) is 4. The van der Waals surface area contributed by atoms with E-state index >= 15 is 0 Å². The van der Waals surface area contributed by atoms with Gasteiger partial charge in [-0.05, 0) is 18.8 Å². The lowest BCUT2D eigenvalue weighted by molar-refractivity contribution is 0.0217. The summed E-state index contributed by atoms with van der Waals surface area (Å²) in [6.07, 6.45) is 3.74. The third kappa shape index (κ3) is 2.59. The molecule has 2 rings (SSSR count). The summed E-state index contributed by atoms with van der Waals surface area (Å²) in [5.74, 6) is 0.408. The molecule has 0 bridgehead atoms. The van der Waals surface area contributed by atoms with E-state index in [1.807, 2.05) is 13.2 Å². The van der Waals surface area contributed by atoms with Crippen molar-refractivity contribution in [2.45, 2.75) is 32.4 Å². The Kier molecular flexibility index (Phi) is 3.56. The third-order valence-corrected chi connectivity index (χ3v) is 3.34. The molecule has 0 aromatic carbocycles. The maximum Gasteiger partial charge on any atom is 0.0967 e. The Balaban J connectivity index is 1.91. The number of aliphatic hydroxyl groups excluding tert-OH is 1. The molecule has 0 saturated carbocycles. The van der Waals surface area contributed by atoms with Crippen LogP contribution in [0.3, 0.4) is 0 Å². The van der Waals surface area contributed by atoms with Gasteiger partial charge in [-0.3, -0.25) is 9.58 Å². The molecule has 1 aliphatic rings. The van der Waals surface area contributed by atoms with Gasteiger partial charge in [-0.25, -0.2) is 0 Å². The smallest absolute Gasteiger partial charge is 0.0967 e. The van der Waals surface area contributed by atoms with E-state index in [2.05, 4.69) is 22.1 Å². The first-order valence-electron chi connectivity index (χ1n) is 5.94. The Morgan fingerprint density at radius 1 is 1.56 bits per heavy atom. The van der Waals surface area contributed by atoms with Gasteiger partial charge < -0.3 is 5.11 Å². The largest absolute Gasteiger partial charge is 0.393 e. The Bertz CT molecular complexity index is 338. The highest BCUT2D eigenvalue weighted by molar-refractivity contribution is 4.93. The van der Waals surface area contributed by atoms with Crippen molar-refractivity contribution in [1.29, 1.82) is 0 Å². The normalized spacial score (nSPS) is 27.2. The van der Waals surface area contributed by atoms with Gasteiger partial charge in [0.15, 0.2) is 0 Å². The van der Waals surface area contributed by atoms with Gasteiger partial charge in [0.2, 0.25) is 0 Å². The highest BCUT2D eigenvalue weighted by atomic mass is 16.3. The van der Waals surface area contributed by atoms with Crippen LogP contribution < -0.4 is 0 Å². The molecule has 5 nitrogen and oxygen atoms in total. The number of likely N-dealkylation sites (tertiary alicyclic amines) is 1. The first-order chi connectivity index (χ1) is 7.69. The SMILES string of the molecule is CCC1CN(Cc2cn(C)nn2)CCC1O. The second kappa shape index (κ2) is 4.93. The first kappa shape index (κ1) is 11.5. The topological polar surface area (TPSA) is 54.2 Å². The molecule has 0 aliphatic carbocycles. The lowest BCUT2D eigenvalue weighted by atomic mass is 9.92. The molecule has 1 aromatic heterocycles. The Labute approximate surface area is 96.1 Å². The fourth-order valence-electron chi connectivity index (χ4n) is 2.34. The van der Waals surface area contributed by atoms with E-state index < -0.39 is 0 Å². The molecule has 2 heterocycles. The van der Waals surface area contributed by atoms with Gasteiger partial charge in [-0.2, -0.15) is 0 Å². The molecular formula is C11H20N4O. The van der Waals surface area contributed by atoms with E-state index in [4.69, 9.17) is 0 Å². The van der Waals surface area contributed by atoms with Crippen LogP contribution in [0.4, 0.5) is 0 Å². The summed E-state index contributed by atoms with van der Waals surface area (Å²) in [6.45, 7) is 4.90. The van der Waals surface area contributed by atoms with Crippen LogP contribution in [0.15, 0.2) is 6.20 Å². The Hall–Kier alpha value is -0.940. The summed E-state index contributed by atoms with van der Waals surface area (Å²) < 4.78 is 1.73. The lowest BCUT2D eigenvalue weighted by Gasteiger charge is -2.35. The molecule has 1 saturated heterocycles. The number of aromatic nitrogens is 3. The van der Waals surface area contributed by atoms with Crippen molar-refractivity contribution < 1.29 is 5.11 Å². The van der Waals surface area contributed by atoms with E-state index in [0.717, 1.165) is 38.2 Å². The van der Waals surface area contributed by atoms with Gasteiger partial charge in [0.1, 0.15) is 0 Å². The summed E-state index contributed by atoms with van der Waals surface area (Å²) in [7, 11) is 1.88. The average molecular weight is 224 g/mol. The minimum atomic E-state index is -0.122. The van der Waals surface area contributed by atoms with Crippen molar-refractivity contribution in [2.24, 2.45) is 13.0 Å². The number of aryl methyl sites for hydroxylation is 1. The second-order valence-corrected chi connectivity index (χ2v) is 4.64. The second-order valence-electron chi connectivity index (χ2n) is 4.64.